The number of aromatic nitrogens is 2. The maximum Gasteiger partial charge on any atom is 0.274 e. The summed E-state index contributed by atoms with van der Waals surface area (Å²) >= 11 is 0. The van der Waals surface area contributed by atoms with E-state index in [1.54, 1.807) is 6.07 Å². The first-order valence-electron chi connectivity index (χ1n) is 14.5. The Kier molecular flexibility index (Phi) is 7.82. The van der Waals surface area contributed by atoms with Gasteiger partial charge in [0.05, 0.1) is 5.52 Å². The lowest BCUT2D eigenvalue weighted by molar-refractivity contribution is 0.0356. The lowest BCUT2D eigenvalue weighted by atomic mass is 9.73. The molecule has 7 heteroatoms. The predicted molar refractivity (Wildman–Crippen MR) is 155 cm³/mol. The molecule has 0 bridgehead atoms. The zero-order valence-corrected chi connectivity index (χ0v) is 22.9. The zero-order chi connectivity index (χ0) is 27.4. The number of aryl methyl sites for hydroxylation is 1. The van der Waals surface area contributed by atoms with Gasteiger partial charge in [0.1, 0.15) is 18.2 Å². The molecule has 1 N–H and O–H groups in total. The molecule has 3 heterocycles. The average molecular weight is 541 g/mol. The highest BCUT2D eigenvalue weighted by Gasteiger charge is 2.38. The van der Waals surface area contributed by atoms with E-state index in [1.807, 2.05) is 47.4 Å². The first kappa shape index (κ1) is 26.5. The molecule has 4 aromatic rings. The van der Waals surface area contributed by atoms with Gasteiger partial charge in [-0.25, -0.2) is 4.39 Å². The number of nitrogens with zero attached hydrogens (tertiary/aromatic N) is 3. The minimum Gasteiger partial charge on any atom is -0.492 e. The molecule has 0 atom stereocenters. The van der Waals surface area contributed by atoms with Crippen molar-refractivity contribution in [1.82, 2.24) is 20.0 Å². The van der Waals surface area contributed by atoms with Crippen LogP contribution in [0.4, 0.5) is 4.39 Å². The SMILES string of the molecule is O=C(c1n[nH]c2ccccc12)N1CCC2(CCCCc3ccccc3OCCN(Cc3ccccc3F)C2)CC1. The summed E-state index contributed by atoms with van der Waals surface area (Å²) < 4.78 is 21.0. The number of halogens is 1. The van der Waals surface area contributed by atoms with Crippen LogP contribution in [-0.4, -0.2) is 58.7 Å². The Labute approximate surface area is 235 Å². The zero-order valence-electron chi connectivity index (χ0n) is 22.9. The van der Waals surface area contributed by atoms with Crippen molar-refractivity contribution in [2.24, 2.45) is 5.41 Å². The Hall–Kier alpha value is -3.71. The molecule has 0 saturated carbocycles. The normalized spacial score (nSPS) is 18.5. The van der Waals surface area contributed by atoms with Crippen molar-refractivity contribution in [1.29, 1.82) is 0 Å². The molecule has 1 fully saturated rings. The lowest BCUT2D eigenvalue weighted by Gasteiger charge is -2.45. The molecule has 0 aliphatic carbocycles. The summed E-state index contributed by atoms with van der Waals surface area (Å²) in [5.41, 5.74) is 3.41. The van der Waals surface area contributed by atoms with Gasteiger partial charge in [0.2, 0.25) is 0 Å². The van der Waals surface area contributed by atoms with Crippen LogP contribution in [0.5, 0.6) is 5.75 Å². The van der Waals surface area contributed by atoms with E-state index < -0.39 is 0 Å². The first-order valence-corrected chi connectivity index (χ1v) is 14.5. The van der Waals surface area contributed by atoms with Gasteiger partial charge in [0.15, 0.2) is 5.69 Å². The number of carbonyl (C=O) groups is 1. The molecule has 1 amide bonds. The summed E-state index contributed by atoms with van der Waals surface area (Å²) in [6.07, 6.45) is 6.15. The molecular formula is C33H37FN4O2. The van der Waals surface area contributed by atoms with Gasteiger partial charge in [0.25, 0.3) is 5.91 Å². The van der Waals surface area contributed by atoms with Crippen molar-refractivity contribution in [3.05, 3.63) is 95.4 Å². The van der Waals surface area contributed by atoms with Crippen LogP contribution < -0.4 is 4.74 Å². The van der Waals surface area contributed by atoms with E-state index in [4.69, 9.17) is 4.74 Å². The molecule has 1 spiro atoms. The highest BCUT2D eigenvalue weighted by molar-refractivity contribution is 6.04. The summed E-state index contributed by atoms with van der Waals surface area (Å²) in [4.78, 5) is 17.8. The largest absolute Gasteiger partial charge is 0.492 e. The second-order valence-corrected chi connectivity index (χ2v) is 11.4. The standard InChI is InChI=1S/C33H37FN4O2/c34-28-13-4-1-11-26(28)23-37-21-22-40-30-15-6-2-9-25(30)10-7-8-16-33(24-37)17-19-38(20-18-33)32(39)31-27-12-3-5-14-29(27)35-36-31/h1-6,9,11-15H,7-8,10,16-24H2,(H,35,36). The molecule has 1 aromatic heterocycles. The minimum atomic E-state index is -0.166. The summed E-state index contributed by atoms with van der Waals surface area (Å²) in [5.74, 6) is 0.788. The smallest absolute Gasteiger partial charge is 0.274 e. The quantitative estimate of drug-likeness (QED) is 0.335. The van der Waals surface area contributed by atoms with Crippen LogP contribution in [0, 0.1) is 11.2 Å². The maximum atomic E-state index is 14.7. The topological polar surface area (TPSA) is 61.5 Å². The first-order chi connectivity index (χ1) is 19.6. The Morgan fingerprint density at radius 2 is 1.70 bits per heavy atom. The van der Waals surface area contributed by atoms with Crippen LogP contribution in [0.25, 0.3) is 10.9 Å². The van der Waals surface area contributed by atoms with Crippen molar-refractivity contribution in [2.75, 3.05) is 32.8 Å². The Bertz CT molecular complexity index is 1460. The van der Waals surface area contributed by atoms with Gasteiger partial charge in [-0.2, -0.15) is 5.10 Å². The van der Waals surface area contributed by atoms with Crippen LogP contribution in [0.1, 0.15) is 53.7 Å². The van der Waals surface area contributed by atoms with E-state index in [1.165, 1.54) is 11.6 Å². The molecule has 40 heavy (non-hydrogen) atoms. The van der Waals surface area contributed by atoms with Crippen LogP contribution in [0.15, 0.2) is 72.8 Å². The molecule has 208 valence electrons. The molecule has 2 aliphatic rings. The van der Waals surface area contributed by atoms with Crippen molar-refractivity contribution in [3.63, 3.8) is 0 Å². The van der Waals surface area contributed by atoms with E-state index in [-0.39, 0.29) is 17.1 Å². The summed E-state index contributed by atoms with van der Waals surface area (Å²) in [6.45, 7) is 4.07. The highest BCUT2D eigenvalue weighted by Crippen LogP contribution is 2.39. The second kappa shape index (κ2) is 11.8. The van der Waals surface area contributed by atoms with E-state index in [9.17, 15) is 9.18 Å². The second-order valence-electron chi connectivity index (χ2n) is 11.4. The molecule has 0 radical (unpaired) electrons. The highest BCUT2D eigenvalue weighted by atomic mass is 19.1. The molecule has 2 aliphatic heterocycles. The Morgan fingerprint density at radius 3 is 2.58 bits per heavy atom. The number of ether oxygens (including phenoxy) is 1. The number of amides is 1. The predicted octanol–water partition coefficient (Wildman–Crippen LogP) is 6.23. The number of para-hydroxylation sites is 2. The van der Waals surface area contributed by atoms with Crippen molar-refractivity contribution < 1.29 is 13.9 Å². The molecule has 1 saturated heterocycles. The number of rotatable bonds is 3. The molecular weight excluding hydrogens is 503 g/mol. The van der Waals surface area contributed by atoms with Crippen molar-refractivity contribution in [2.45, 2.75) is 45.1 Å². The molecule has 6 nitrogen and oxygen atoms in total. The van der Waals surface area contributed by atoms with Crippen LogP contribution in [-0.2, 0) is 13.0 Å². The summed E-state index contributed by atoms with van der Waals surface area (Å²) in [5, 5.41) is 8.22. The van der Waals surface area contributed by atoms with Crippen molar-refractivity contribution in [3.8, 4) is 5.75 Å². The van der Waals surface area contributed by atoms with Gasteiger partial charge >= 0.3 is 0 Å². The monoisotopic (exact) mass is 540 g/mol. The number of carbonyl (C=O) groups excluding carboxylic acids is 1. The minimum absolute atomic E-state index is 0.00586. The number of likely N-dealkylation sites (tertiary alicyclic amines) is 1. The molecule has 0 unspecified atom stereocenters. The van der Waals surface area contributed by atoms with Crippen LogP contribution in [0.2, 0.25) is 0 Å². The number of fused-ring (bicyclic) bond motifs is 2. The number of H-pyrrole nitrogens is 1. The lowest BCUT2D eigenvalue weighted by Crippen LogP contribution is -2.48. The van der Waals surface area contributed by atoms with Gasteiger partial charge in [-0.15, -0.1) is 0 Å². The van der Waals surface area contributed by atoms with Gasteiger partial charge < -0.3 is 9.64 Å². The van der Waals surface area contributed by atoms with Gasteiger partial charge in [-0.1, -0.05) is 61.0 Å². The van der Waals surface area contributed by atoms with E-state index in [0.29, 0.717) is 44.0 Å². The maximum absolute atomic E-state index is 14.7. The fourth-order valence-electron chi connectivity index (χ4n) is 6.45. The third kappa shape index (κ3) is 5.75. The van der Waals surface area contributed by atoms with Crippen molar-refractivity contribution >= 4 is 16.8 Å². The third-order valence-electron chi connectivity index (χ3n) is 8.74. The Morgan fingerprint density at radius 1 is 0.925 bits per heavy atom. The number of benzene rings is 3. The average Bonchev–Trinajstić information content (AvgIpc) is 3.41. The number of hydrogen-bond donors (Lipinski definition) is 1. The number of nitrogens with one attached hydrogen (secondary N) is 1. The van der Waals surface area contributed by atoms with E-state index >= 15 is 0 Å². The summed E-state index contributed by atoms with van der Waals surface area (Å²) in [7, 11) is 0. The van der Waals surface area contributed by atoms with Crippen LogP contribution in [0.3, 0.4) is 0 Å². The van der Waals surface area contributed by atoms with Gasteiger partial charge in [0, 0.05) is 43.7 Å². The van der Waals surface area contributed by atoms with E-state index in [2.05, 4.69) is 33.3 Å². The molecule has 3 aromatic carbocycles. The Balaban J connectivity index is 1.21. The third-order valence-corrected chi connectivity index (χ3v) is 8.74. The fraction of sp³-hybridized carbons (Fsp3) is 0.394. The molecule has 6 rings (SSSR count). The van der Waals surface area contributed by atoms with Gasteiger partial charge in [-0.3, -0.25) is 14.8 Å². The number of hydrogen-bond acceptors (Lipinski definition) is 4. The van der Waals surface area contributed by atoms with E-state index in [0.717, 1.165) is 61.7 Å². The van der Waals surface area contributed by atoms with Crippen LogP contribution >= 0.6 is 0 Å². The number of piperidine rings is 1. The van der Waals surface area contributed by atoms with Gasteiger partial charge in [-0.05, 0) is 61.3 Å². The fourth-order valence-corrected chi connectivity index (χ4v) is 6.45. The summed E-state index contributed by atoms with van der Waals surface area (Å²) in [6, 6.07) is 23.2. The number of aromatic amines is 1.